The molecule has 0 saturated carbocycles. The summed E-state index contributed by atoms with van der Waals surface area (Å²) < 4.78 is 10.9. The van der Waals surface area contributed by atoms with Crippen LogP contribution in [0.1, 0.15) is 27.4 Å². The summed E-state index contributed by atoms with van der Waals surface area (Å²) in [5, 5.41) is 0. The molecule has 0 aliphatic heterocycles. The van der Waals surface area contributed by atoms with E-state index in [1.807, 2.05) is 61.5 Å². The normalized spacial score (nSPS) is 10.5. The Morgan fingerprint density at radius 1 is 1.04 bits per heavy atom. The summed E-state index contributed by atoms with van der Waals surface area (Å²) in [7, 11) is 0. The van der Waals surface area contributed by atoms with Crippen LogP contribution in [0.3, 0.4) is 0 Å². The Labute approximate surface area is 134 Å². The molecule has 0 aliphatic rings. The fourth-order valence-electron chi connectivity index (χ4n) is 2.19. The highest BCUT2D eigenvalue weighted by molar-refractivity contribution is 5.88. The van der Waals surface area contributed by atoms with E-state index in [-0.39, 0.29) is 12.3 Å². The monoisotopic (exact) mass is 307 g/mol. The Morgan fingerprint density at radius 2 is 1.74 bits per heavy atom. The second-order valence-corrected chi connectivity index (χ2v) is 5.35. The van der Waals surface area contributed by atoms with Gasteiger partial charge in [-0.2, -0.15) is 0 Å². The van der Waals surface area contributed by atoms with Gasteiger partial charge in [0.05, 0.1) is 0 Å². The molecule has 4 nitrogen and oxygen atoms in total. The number of carbonyl (C=O) groups excluding carboxylic acids is 1. The number of oxazole rings is 1. The van der Waals surface area contributed by atoms with E-state index in [2.05, 4.69) is 4.98 Å². The molecule has 0 spiro atoms. The van der Waals surface area contributed by atoms with E-state index in [0.29, 0.717) is 11.7 Å². The molecule has 0 atom stereocenters. The molecule has 0 aliphatic carbocycles. The quantitative estimate of drug-likeness (QED) is 0.674. The van der Waals surface area contributed by atoms with Crippen LogP contribution in [0.15, 0.2) is 59.0 Å². The van der Waals surface area contributed by atoms with Crippen molar-refractivity contribution in [2.45, 2.75) is 20.5 Å². The van der Waals surface area contributed by atoms with Gasteiger partial charge in [0.2, 0.25) is 5.89 Å². The number of carbonyl (C=O) groups is 1. The molecule has 2 aromatic carbocycles. The van der Waals surface area contributed by atoms with E-state index in [0.717, 1.165) is 11.1 Å². The molecular weight excluding hydrogens is 290 g/mol. The second kappa shape index (κ2) is 6.48. The van der Waals surface area contributed by atoms with Crippen LogP contribution in [0.5, 0.6) is 0 Å². The molecule has 0 saturated heterocycles. The average Bonchev–Trinajstić information content (AvgIpc) is 2.97. The Morgan fingerprint density at radius 3 is 2.43 bits per heavy atom. The summed E-state index contributed by atoms with van der Waals surface area (Å²) in [6, 6.07) is 17.3. The molecule has 1 heterocycles. The van der Waals surface area contributed by atoms with Crippen LogP contribution in [-0.2, 0) is 11.3 Å². The molecule has 3 aromatic rings. The van der Waals surface area contributed by atoms with Gasteiger partial charge in [-0.3, -0.25) is 0 Å². The molecule has 4 heteroatoms. The van der Waals surface area contributed by atoms with Gasteiger partial charge in [-0.25, -0.2) is 9.78 Å². The first-order chi connectivity index (χ1) is 11.1. The number of benzene rings is 2. The van der Waals surface area contributed by atoms with Crippen molar-refractivity contribution < 1.29 is 13.9 Å². The van der Waals surface area contributed by atoms with Gasteiger partial charge < -0.3 is 9.15 Å². The largest absolute Gasteiger partial charge is 0.456 e. The maximum absolute atomic E-state index is 12.2. The summed E-state index contributed by atoms with van der Waals surface area (Å²) in [4.78, 5) is 16.5. The van der Waals surface area contributed by atoms with Gasteiger partial charge in [0, 0.05) is 5.56 Å². The van der Waals surface area contributed by atoms with E-state index >= 15 is 0 Å². The lowest BCUT2D eigenvalue weighted by Gasteiger charge is -2.03. The molecule has 3 rings (SSSR count). The van der Waals surface area contributed by atoms with Gasteiger partial charge in [-0.1, -0.05) is 48.0 Å². The zero-order valence-corrected chi connectivity index (χ0v) is 13.1. The van der Waals surface area contributed by atoms with E-state index in [9.17, 15) is 4.79 Å². The Balaban J connectivity index is 1.72. The van der Waals surface area contributed by atoms with Gasteiger partial charge in [-0.15, -0.1) is 0 Å². The van der Waals surface area contributed by atoms with Crippen LogP contribution >= 0.6 is 0 Å². The number of esters is 1. The summed E-state index contributed by atoms with van der Waals surface area (Å²) in [5.41, 5.74) is 3.15. The summed E-state index contributed by atoms with van der Waals surface area (Å²) in [6.07, 6.45) is 0. The standard InChI is InChI=1S/C19H17NO3/c1-13-8-10-15(11-9-13)12-22-19(21)17-14(2)23-18(20-17)16-6-4-3-5-7-16/h3-11H,12H2,1-2H3. The first-order valence-electron chi connectivity index (χ1n) is 7.39. The number of aromatic nitrogens is 1. The van der Waals surface area contributed by atoms with Crippen LogP contribution in [0.25, 0.3) is 11.5 Å². The SMILES string of the molecule is Cc1ccc(COC(=O)c2nc(-c3ccccc3)oc2C)cc1. The molecule has 0 N–H and O–H groups in total. The predicted molar refractivity (Wildman–Crippen MR) is 87.0 cm³/mol. The minimum atomic E-state index is -0.478. The van der Waals surface area contributed by atoms with E-state index in [1.165, 1.54) is 5.56 Å². The Hall–Kier alpha value is -2.88. The molecule has 0 amide bonds. The number of nitrogens with zero attached hydrogens (tertiary/aromatic N) is 1. The summed E-state index contributed by atoms with van der Waals surface area (Å²) in [6.45, 7) is 3.94. The zero-order valence-electron chi connectivity index (χ0n) is 13.1. The molecular formula is C19H17NO3. The Kier molecular flexibility index (Phi) is 4.24. The zero-order chi connectivity index (χ0) is 16.2. The van der Waals surface area contributed by atoms with Crippen molar-refractivity contribution in [2.24, 2.45) is 0 Å². The lowest BCUT2D eigenvalue weighted by Crippen LogP contribution is -2.07. The van der Waals surface area contributed by atoms with Crippen LogP contribution < -0.4 is 0 Å². The molecule has 0 radical (unpaired) electrons. The van der Waals surface area contributed by atoms with Gasteiger partial charge in [0.1, 0.15) is 12.4 Å². The Bertz CT molecular complexity index is 804. The second-order valence-electron chi connectivity index (χ2n) is 5.35. The van der Waals surface area contributed by atoms with Gasteiger partial charge in [0.15, 0.2) is 5.69 Å². The highest BCUT2D eigenvalue weighted by atomic mass is 16.5. The fraction of sp³-hybridized carbons (Fsp3) is 0.158. The van der Waals surface area contributed by atoms with Crippen molar-refractivity contribution in [3.05, 3.63) is 77.2 Å². The lowest BCUT2D eigenvalue weighted by atomic mass is 10.2. The first kappa shape index (κ1) is 15.0. The number of ether oxygens (including phenoxy) is 1. The van der Waals surface area contributed by atoms with Gasteiger partial charge in [0.25, 0.3) is 0 Å². The topological polar surface area (TPSA) is 52.3 Å². The molecule has 116 valence electrons. The van der Waals surface area contributed by atoms with Crippen LogP contribution in [-0.4, -0.2) is 11.0 Å². The van der Waals surface area contributed by atoms with E-state index in [1.54, 1.807) is 6.92 Å². The molecule has 0 unspecified atom stereocenters. The number of hydrogen-bond acceptors (Lipinski definition) is 4. The van der Waals surface area contributed by atoms with E-state index in [4.69, 9.17) is 9.15 Å². The summed E-state index contributed by atoms with van der Waals surface area (Å²) >= 11 is 0. The third-order valence-electron chi connectivity index (χ3n) is 3.50. The first-order valence-corrected chi connectivity index (χ1v) is 7.39. The van der Waals surface area contributed by atoms with Crippen molar-refractivity contribution in [1.29, 1.82) is 0 Å². The van der Waals surface area contributed by atoms with Crippen molar-refractivity contribution in [3.8, 4) is 11.5 Å². The minimum absolute atomic E-state index is 0.214. The molecule has 1 aromatic heterocycles. The maximum Gasteiger partial charge on any atom is 0.360 e. The third kappa shape index (κ3) is 3.48. The van der Waals surface area contributed by atoms with Gasteiger partial charge in [-0.05, 0) is 31.5 Å². The van der Waals surface area contributed by atoms with Crippen molar-refractivity contribution in [1.82, 2.24) is 4.98 Å². The highest BCUT2D eigenvalue weighted by Gasteiger charge is 2.19. The molecule has 0 bridgehead atoms. The third-order valence-corrected chi connectivity index (χ3v) is 3.50. The molecule has 23 heavy (non-hydrogen) atoms. The number of hydrogen-bond donors (Lipinski definition) is 0. The van der Waals surface area contributed by atoms with Crippen LogP contribution in [0.2, 0.25) is 0 Å². The summed E-state index contributed by atoms with van der Waals surface area (Å²) in [5.74, 6) is 0.400. The average molecular weight is 307 g/mol. The predicted octanol–water partition coefficient (Wildman–Crippen LogP) is 4.32. The smallest absolute Gasteiger partial charge is 0.360 e. The van der Waals surface area contributed by atoms with Crippen molar-refractivity contribution >= 4 is 5.97 Å². The number of aryl methyl sites for hydroxylation is 2. The number of rotatable bonds is 4. The fourth-order valence-corrected chi connectivity index (χ4v) is 2.19. The van der Waals surface area contributed by atoms with Crippen molar-refractivity contribution in [3.63, 3.8) is 0 Å². The van der Waals surface area contributed by atoms with Crippen molar-refractivity contribution in [2.75, 3.05) is 0 Å². The lowest BCUT2D eigenvalue weighted by molar-refractivity contribution is 0.0464. The minimum Gasteiger partial charge on any atom is -0.456 e. The van der Waals surface area contributed by atoms with E-state index < -0.39 is 5.97 Å². The molecule has 0 fully saturated rings. The van der Waals surface area contributed by atoms with Crippen LogP contribution in [0.4, 0.5) is 0 Å². The maximum atomic E-state index is 12.2. The highest BCUT2D eigenvalue weighted by Crippen LogP contribution is 2.22. The van der Waals surface area contributed by atoms with Crippen LogP contribution in [0, 0.1) is 13.8 Å². The van der Waals surface area contributed by atoms with Gasteiger partial charge >= 0.3 is 5.97 Å².